The van der Waals surface area contributed by atoms with Crippen molar-refractivity contribution in [2.75, 3.05) is 7.11 Å². The highest BCUT2D eigenvalue weighted by Gasteiger charge is 2.50. The summed E-state index contributed by atoms with van der Waals surface area (Å²) in [6.45, 7) is 6.80. The fourth-order valence-corrected chi connectivity index (χ4v) is 3.49. The quantitative estimate of drug-likeness (QED) is 0.880. The largest absolute Gasteiger partial charge is 0.381 e. The number of nitrogens with one attached hydrogen (secondary N) is 1. The monoisotopic (exact) mass is 273 g/mol. The smallest absolute Gasteiger partial charge is 0.0652 e. The minimum Gasteiger partial charge on any atom is -0.381 e. The first-order chi connectivity index (χ1) is 9.52. The lowest BCUT2D eigenvalue weighted by Gasteiger charge is -2.52. The van der Waals surface area contributed by atoms with E-state index in [0.29, 0.717) is 18.2 Å². The van der Waals surface area contributed by atoms with Crippen molar-refractivity contribution in [3.8, 4) is 0 Å². The molecule has 2 heteroatoms. The predicted molar refractivity (Wildman–Crippen MR) is 82.8 cm³/mol. The Morgan fingerprint density at radius 3 is 2.35 bits per heavy atom. The van der Waals surface area contributed by atoms with Crippen molar-refractivity contribution in [1.29, 1.82) is 0 Å². The van der Waals surface area contributed by atoms with Gasteiger partial charge in [0, 0.05) is 24.6 Å². The minimum atomic E-state index is 0.243. The molecule has 3 rings (SSSR count). The van der Waals surface area contributed by atoms with Gasteiger partial charge in [-0.15, -0.1) is 0 Å². The van der Waals surface area contributed by atoms with E-state index in [-0.39, 0.29) is 5.41 Å². The van der Waals surface area contributed by atoms with Gasteiger partial charge in [0.05, 0.1) is 6.10 Å². The van der Waals surface area contributed by atoms with Crippen LogP contribution in [0.15, 0.2) is 24.3 Å². The molecule has 2 nitrogen and oxygen atoms in total. The van der Waals surface area contributed by atoms with Gasteiger partial charge in [0.1, 0.15) is 0 Å². The fourth-order valence-electron chi connectivity index (χ4n) is 3.49. The lowest BCUT2D eigenvalue weighted by atomic mass is 9.64. The van der Waals surface area contributed by atoms with Crippen LogP contribution >= 0.6 is 0 Å². The molecule has 2 saturated carbocycles. The highest BCUT2D eigenvalue weighted by atomic mass is 16.5. The Morgan fingerprint density at radius 2 is 1.85 bits per heavy atom. The molecule has 0 spiro atoms. The molecule has 20 heavy (non-hydrogen) atoms. The van der Waals surface area contributed by atoms with Gasteiger partial charge in [0.15, 0.2) is 0 Å². The highest BCUT2D eigenvalue weighted by molar-refractivity contribution is 5.26. The second-order valence-corrected chi connectivity index (χ2v) is 7.23. The number of methoxy groups -OCH3 is 1. The van der Waals surface area contributed by atoms with Gasteiger partial charge in [0.2, 0.25) is 0 Å². The lowest BCUT2D eigenvalue weighted by molar-refractivity contribution is -0.101. The van der Waals surface area contributed by atoms with E-state index in [2.05, 4.69) is 50.4 Å². The molecular weight excluding hydrogens is 246 g/mol. The number of hydrogen-bond acceptors (Lipinski definition) is 2. The third kappa shape index (κ3) is 2.51. The number of benzene rings is 1. The normalized spacial score (nSPS) is 29.8. The van der Waals surface area contributed by atoms with Crippen molar-refractivity contribution < 1.29 is 4.74 Å². The van der Waals surface area contributed by atoms with Crippen LogP contribution in [0.5, 0.6) is 0 Å². The first-order valence-electron chi connectivity index (χ1n) is 7.88. The molecule has 0 aromatic heterocycles. The van der Waals surface area contributed by atoms with Gasteiger partial charge in [0.25, 0.3) is 0 Å². The number of hydrogen-bond donors (Lipinski definition) is 1. The molecule has 0 aliphatic heterocycles. The number of ether oxygens (including phenoxy) is 1. The van der Waals surface area contributed by atoms with E-state index < -0.39 is 0 Å². The van der Waals surface area contributed by atoms with Crippen molar-refractivity contribution >= 4 is 0 Å². The van der Waals surface area contributed by atoms with Crippen LogP contribution in [0.2, 0.25) is 0 Å². The van der Waals surface area contributed by atoms with Gasteiger partial charge in [-0.1, -0.05) is 43.7 Å². The summed E-state index contributed by atoms with van der Waals surface area (Å²) >= 11 is 0. The average molecular weight is 273 g/mol. The van der Waals surface area contributed by atoms with Crippen LogP contribution in [-0.4, -0.2) is 19.3 Å². The molecular formula is C18H27NO. The Labute approximate surface area is 122 Å². The van der Waals surface area contributed by atoms with Crippen molar-refractivity contribution in [3.63, 3.8) is 0 Å². The Morgan fingerprint density at radius 1 is 1.20 bits per heavy atom. The Hall–Kier alpha value is -0.860. The first-order valence-corrected chi connectivity index (χ1v) is 7.88. The van der Waals surface area contributed by atoms with Crippen LogP contribution in [0.3, 0.4) is 0 Å². The molecule has 0 bridgehead atoms. The van der Waals surface area contributed by atoms with Crippen LogP contribution < -0.4 is 5.32 Å². The Bertz CT molecular complexity index is 461. The summed E-state index contributed by atoms with van der Waals surface area (Å²) in [5, 5.41) is 3.93. The number of rotatable bonds is 5. The molecule has 2 aliphatic rings. The van der Waals surface area contributed by atoms with Crippen LogP contribution in [-0.2, 0) is 4.74 Å². The van der Waals surface area contributed by atoms with E-state index in [1.807, 2.05) is 7.11 Å². The van der Waals surface area contributed by atoms with Crippen LogP contribution in [0.25, 0.3) is 0 Å². The molecule has 2 aliphatic carbocycles. The molecule has 1 aromatic carbocycles. The molecule has 0 amide bonds. The van der Waals surface area contributed by atoms with E-state index in [4.69, 9.17) is 4.74 Å². The average Bonchev–Trinajstić information content (AvgIpc) is 3.24. The maximum atomic E-state index is 5.57. The van der Waals surface area contributed by atoms with Crippen molar-refractivity contribution in [2.24, 2.45) is 11.3 Å². The summed E-state index contributed by atoms with van der Waals surface area (Å²) in [6, 6.07) is 10.2. The summed E-state index contributed by atoms with van der Waals surface area (Å²) < 4.78 is 5.57. The summed E-state index contributed by atoms with van der Waals surface area (Å²) in [6.07, 6.45) is 4.27. The van der Waals surface area contributed by atoms with Gasteiger partial charge in [-0.05, 0) is 37.7 Å². The van der Waals surface area contributed by atoms with Gasteiger partial charge in [-0.25, -0.2) is 0 Å². The molecule has 0 saturated heterocycles. The first kappa shape index (κ1) is 14.1. The summed E-state index contributed by atoms with van der Waals surface area (Å²) in [5.74, 6) is 0.829. The van der Waals surface area contributed by atoms with E-state index >= 15 is 0 Å². The second kappa shape index (κ2) is 5.16. The molecule has 3 atom stereocenters. The van der Waals surface area contributed by atoms with Gasteiger partial charge >= 0.3 is 0 Å². The molecule has 3 unspecified atom stereocenters. The SMILES string of the molecule is COC1CC(NC(c2ccc(C)cc2)C2CC2)C1(C)C. The third-order valence-corrected chi connectivity index (χ3v) is 5.37. The van der Waals surface area contributed by atoms with Crippen molar-refractivity contribution in [3.05, 3.63) is 35.4 Å². The summed E-state index contributed by atoms with van der Waals surface area (Å²) in [5.41, 5.74) is 3.04. The summed E-state index contributed by atoms with van der Waals surface area (Å²) in [4.78, 5) is 0. The molecule has 0 heterocycles. The highest BCUT2D eigenvalue weighted by Crippen LogP contribution is 2.47. The van der Waals surface area contributed by atoms with Crippen LogP contribution in [0, 0.1) is 18.3 Å². The zero-order valence-electron chi connectivity index (χ0n) is 13.1. The van der Waals surface area contributed by atoms with Crippen LogP contribution in [0.1, 0.15) is 50.3 Å². The van der Waals surface area contributed by atoms with E-state index in [1.165, 1.54) is 24.0 Å². The maximum absolute atomic E-state index is 5.57. The molecule has 0 radical (unpaired) electrons. The predicted octanol–water partition coefficient (Wildman–Crippen LogP) is 3.85. The second-order valence-electron chi connectivity index (χ2n) is 7.23. The van der Waals surface area contributed by atoms with Crippen LogP contribution in [0.4, 0.5) is 0 Å². The van der Waals surface area contributed by atoms with E-state index in [9.17, 15) is 0 Å². The molecule has 1 aromatic rings. The standard InChI is InChI=1S/C18H27NO/c1-12-5-7-13(8-6-12)17(14-9-10-14)19-15-11-16(20-4)18(15,2)3/h5-8,14-17,19H,9-11H2,1-4H3. The Kier molecular flexibility index (Phi) is 3.64. The van der Waals surface area contributed by atoms with E-state index in [1.54, 1.807) is 0 Å². The van der Waals surface area contributed by atoms with E-state index in [0.717, 1.165) is 12.3 Å². The maximum Gasteiger partial charge on any atom is 0.0652 e. The van der Waals surface area contributed by atoms with Gasteiger partial charge < -0.3 is 10.1 Å². The fraction of sp³-hybridized carbons (Fsp3) is 0.667. The number of aryl methyl sites for hydroxylation is 1. The van der Waals surface area contributed by atoms with Crippen molar-refractivity contribution in [1.82, 2.24) is 5.32 Å². The lowest BCUT2D eigenvalue weighted by Crippen LogP contribution is -2.61. The summed E-state index contributed by atoms with van der Waals surface area (Å²) in [7, 11) is 1.83. The Balaban J connectivity index is 1.71. The van der Waals surface area contributed by atoms with Gasteiger partial charge in [-0.3, -0.25) is 0 Å². The minimum absolute atomic E-state index is 0.243. The molecule has 1 N–H and O–H groups in total. The zero-order valence-corrected chi connectivity index (χ0v) is 13.1. The van der Waals surface area contributed by atoms with Gasteiger partial charge in [-0.2, -0.15) is 0 Å². The molecule has 2 fully saturated rings. The zero-order chi connectivity index (χ0) is 14.3. The van der Waals surface area contributed by atoms with Crippen molar-refractivity contribution in [2.45, 2.75) is 58.2 Å². The third-order valence-electron chi connectivity index (χ3n) is 5.37. The topological polar surface area (TPSA) is 21.3 Å². The molecule has 110 valence electrons.